The average molecular weight is 239 g/mol. The lowest BCUT2D eigenvalue weighted by Gasteiger charge is -2.23. The van der Waals surface area contributed by atoms with Crippen molar-refractivity contribution >= 4 is 5.91 Å². The number of hydrogen-bond donors (Lipinski definition) is 1. The van der Waals surface area contributed by atoms with E-state index in [1.165, 1.54) is 25.7 Å². The van der Waals surface area contributed by atoms with E-state index in [2.05, 4.69) is 11.8 Å². The molecule has 0 saturated carbocycles. The van der Waals surface area contributed by atoms with Gasteiger partial charge in [-0.25, -0.2) is 0 Å². The second kappa shape index (κ2) is 5.83. The number of carbonyl (C=O) groups is 1. The van der Waals surface area contributed by atoms with Crippen LogP contribution in [0.15, 0.2) is 0 Å². The van der Waals surface area contributed by atoms with Gasteiger partial charge in [-0.1, -0.05) is 19.8 Å². The van der Waals surface area contributed by atoms with E-state index >= 15 is 0 Å². The first-order chi connectivity index (χ1) is 8.16. The summed E-state index contributed by atoms with van der Waals surface area (Å²) in [5.41, 5.74) is 5.98. The molecule has 2 unspecified atom stereocenters. The zero-order valence-corrected chi connectivity index (χ0v) is 10.9. The molecular formula is C13H25N3O. The maximum absolute atomic E-state index is 12.2. The van der Waals surface area contributed by atoms with Gasteiger partial charge in [-0.05, 0) is 18.8 Å². The second-order valence-corrected chi connectivity index (χ2v) is 5.63. The van der Waals surface area contributed by atoms with Gasteiger partial charge in [0.1, 0.15) is 0 Å². The molecule has 2 saturated heterocycles. The normalized spacial score (nSPS) is 31.5. The standard InChI is InChI=1S/C13H25N3O/c1-11-8-15(9-12(11)14)10-13(17)16-6-4-2-3-5-7-16/h11-12H,2-10,14H2,1H3. The predicted molar refractivity (Wildman–Crippen MR) is 68.6 cm³/mol. The average Bonchev–Trinajstić information content (AvgIpc) is 2.54. The molecule has 2 aliphatic rings. The molecule has 2 N–H and O–H groups in total. The number of carbonyl (C=O) groups excluding carboxylic acids is 1. The highest BCUT2D eigenvalue weighted by Gasteiger charge is 2.28. The minimum absolute atomic E-state index is 0.243. The molecule has 1 amide bonds. The van der Waals surface area contributed by atoms with Crippen LogP contribution in [0.1, 0.15) is 32.6 Å². The van der Waals surface area contributed by atoms with Crippen molar-refractivity contribution in [3.8, 4) is 0 Å². The summed E-state index contributed by atoms with van der Waals surface area (Å²) in [5, 5.41) is 0. The summed E-state index contributed by atoms with van der Waals surface area (Å²) in [6.07, 6.45) is 4.88. The van der Waals surface area contributed by atoms with Gasteiger partial charge in [0, 0.05) is 32.2 Å². The molecule has 4 nitrogen and oxygen atoms in total. The van der Waals surface area contributed by atoms with Crippen LogP contribution in [0.3, 0.4) is 0 Å². The Bertz CT molecular complexity index is 251. The topological polar surface area (TPSA) is 49.6 Å². The zero-order chi connectivity index (χ0) is 12.3. The lowest BCUT2D eigenvalue weighted by Crippen LogP contribution is -2.40. The van der Waals surface area contributed by atoms with Gasteiger partial charge < -0.3 is 10.6 Å². The molecule has 0 aromatic carbocycles. The fourth-order valence-corrected chi connectivity index (χ4v) is 2.84. The first-order valence-electron chi connectivity index (χ1n) is 6.92. The van der Waals surface area contributed by atoms with Crippen LogP contribution < -0.4 is 5.73 Å². The third-order valence-corrected chi connectivity index (χ3v) is 4.06. The molecule has 0 spiro atoms. The molecule has 2 heterocycles. The van der Waals surface area contributed by atoms with Crippen LogP contribution in [0.5, 0.6) is 0 Å². The van der Waals surface area contributed by atoms with Gasteiger partial charge in [-0.2, -0.15) is 0 Å². The van der Waals surface area contributed by atoms with Gasteiger partial charge in [0.25, 0.3) is 0 Å². The molecule has 17 heavy (non-hydrogen) atoms. The number of likely N-dealkylation sites (tertiary alicyclic amines) is 2. The first-order valence-corrected chi connectivity index (χ1v) is 6.92. The Kier molecular flexibility index (Phi) is 4.40. The van der Waals surface area contributed by atoms with Crippen molar-refractivity contribution in [3.05, 3.63) is 0 Å². The summed E-state index contributed by atoms with van der Waals surface area (Å²) >= 11 is 0. The van der Waals surface area contributed by atoms with Crippen molar-refractivity contribution in [2.24, 2.45) is 11.7 Å². The molecule has 0 aromatic heterocycles. The zero-order valence-electron chi connectivity index (χ0n) is 10.9. The van der Waals surface area contributed by atoms with Gasteiger partial charge in [0.2, 0.25) is 5.91 Å². The van der Waals surface area contributed by atoms with Gasteiger partial charge in [-0.15, -0.1) is 0 Å². The fourth-order valence-electron chi connectivity index (χ4n) is 2.84. The van der Waals surface area contributed by atoms with Crippen LogP contribution in [0, 0.1) is 5.92 Å². The fraction of sp³-hybridized carbons (Fsp3) is 0.923. The molecule has 0 radical (unpaired) electrons. The summed E-state index contributed by atoms with van der Waals surface area (Å²) in [6, 6.07) is 0.243. The number of nitrogens with zero attached hydrogens (tertiary/aromatic N) is 2. The molecule has 2 aliphatic heterocycles. The molecular weight excluding hydrogens is 214 g/mol. The quantitative estimate of drug-likeness (QED) is 0.770. The number of hydrogen-bond acceptors (Lipinski definition) is 3. The van der Waals surface area contributed by atoms with Crippen LogP contribution >= 0.6 is 0 Å². The monoisotopic (exact) mass is 239 g/mol. The van der Waals surface area contributed by atoms with Crippen LogP contribution in [0.25, 0.3) is 0 Å². The van der Waals surface area contributed by atoms with E-state index in [4.69, 9.17) is 5.73 Å². The lowest BCUT2D eigenvalue weighted by molar-refractivity contribution is -0.132. The molecule has 0 aliphatic carbocycles. The summed E-state index contributed by atoms with van der Waals surface area (Å²) in [4.78, 5) is 16.4. The number of nitrogens with two attached hydrogens (primary N) is 1. The smallest absolute Gasteiger partial charge is 0.236 e. The van der Waals surface area contributed by atoms with Crippen molar-refractivity contribution in [1.82, 2.24) is 9.80 Å². The van der Waals surface area contributed by atoms with Crippen molar-refractivity contribution in [1.29, 1.82) is 0 Å². The summed E-state index contributed by atoms with van der Waals surface area (Å²) in [6.45, 7) is 6.49. The first kappa shape index (κ1) is 12.8. The number of amides is 1. The lowest BCUT2D eigenvalue weighted by atomic mass is 10.1. The van der Waals surface area contributed by atoms with E-state index in [1.54, 1.807) is 0 Å². The second-order valence-electron chi connectivity index (χ2n) is 5.63. The molecule has 2 rings (SSSR count). The van der Waals surface area contributed by atoms with E-state index in [1.807, 2.05) is 4.90 Å². The van der Waals surface area contributed by atoms with Crippen molar-refractivity contribution in [2.75, 3.05) is 32.7 Å². The van der Waals surface area contributed by atoms with Gasteiger partial charge in [-0.3, -0.25) is 9.69 Å². The Labute approximate surface area is 104 Å². The highest BCUT2D eigenvalue weighted by molar-refractivity contribution is 5.78. The Morgan fingerprint density at radius 2 is 1.82 bits per heavy atom. The van der Waals surface area contributed by atoms with E-state index in [0.717, 1.165) is 26.2 Å². The highest BCUT2D eigenvalue weighted by atomic mass is 16.2. The van der Waals surface area contributed by atoms with Crippen LogP contribution in [0.4, 0.5) is 0 Å². The Morgan fingerprint density at radius 1 is 1.18 bits per heavy atom. The van der Waals surface area contributed by atoms with Gasteiger partial charge >= 0.3 is 0 Å². The van der Waals surface area contributed by atoms with Crippen molar-refractivity contribution in [2.45, 2.75) is 38.6 Å². The molecule has 2 fully saturated rings. The van der Waals surface area contributed by atoms with E-state index < -0.39 is 0 Å². The van der Waals surface area contributed by atoms with Gasteiger partial charge in [0.15, 0.2) is 0 Å². The van der Waals surface area contributed by atoms with E-state index in [0.29, 0.717) is 18.4 Å². The maximum Gasteiger partial charge on any atom is 0.236 e. The van der Waals surface area contributed by atoms with Gasteiger partial charge in [0.05, 0.1) is 6.54 Å². The Morgan fingerprint density at radius 3 is 2.35 bits per heavy atom. The van der Waals surface area contributed by atoms with Crippen LogP contribution in [-0.2, 0) is 4.79 Å². The maximum atomic E-state index is 12.2. The van der Waals surface area contributed by atoms with Crippen LogP contribution in [0.2, 0.25) is 0 Å². The van der Waals surface area contributed by atoms with Crippen molar-refractivity contribution in [3.63, 3.8) is 0 Å². The SMILES string of the molecule is CC1CN(CC(=O)N2CCCCCC2)CC1N. The third kappa shape index (κ3) is 3.42. The number of rotatable bonds is 2. The minimum atomic E-state index is 0.243. The summed E-state index contributed by atoms with van der Waals surface area (Å²) in [5.74, 6) is 0.820. The molecule has 0 aromatic rings. The molecule has 98 valence electrons. The molecule has 4 heteroatoms. The third-order valence-electron chi connectivity index (χ3n) is 4.06. The summed E-state index contributed by atoms with van der Waals surface area (Å²) < 4.78 is 0. The van der Waals surface area contributed by atoms with E-state index in [9.17, 15) is 4.79 Å². The Balaban J connectivity index is 1.80. The minimum Gasteiger partial charge on any atom is -0.342 e. The highest BCUT2D eigenvalue weighted by Crippen LogP contribution is 2.15. The van der Waals surface area contributed by atoms with Crippen LogP contribution in [-0.4, -0.2) is 54.5 Å². The summed E-state index contributed by atoms with van der Waals surface area (Å²) in [7, 11) is 0. The molecule has 0 bridgehead atoms. The largest absolute Gasteiger partial charge is 0.342 e. The predicted octanol–water partition coefficient (Wildman–Crippen LogP) is 0.668. The van der Waals surface area contributed by atoms with E-state index in [-0.39, 0.29) is 6.04 Å². The molecule has 2 atom stereocenters. The Hall–Kier alpha value is -0.610. The van der Waals surface area contributed by atoms with Crippen molar-refractivity contribution < 1.29 is 4.79 Å².